The molecule has 1 heterocycles. The number of carboxylic acid groups (broad SMARTS) is 1. The number of hydrogen-bond donors (Lipinski definition) is 3. The molecule has 1 fully saturated rings. The fourth-order valence-electron chi connectivity index (χ4n) is 2.29. The van der Waals surface area contributed by atoms with Gasteiger partial charge in [0.2, 0.25) is 5.91 Å². The van der Waals surface area contributed by atoms with Crippen LogP contribution in [-0.2, 0) is 14.3 Å². The monoisotopic (exact) mass is 326 g/mol. The van der Waals surface area contributed by atoms with Crippen molar-refractivity contribution < 1.29 is 19.4 Å². The number of halogens is 1. The van der Waals surface area contributed by atoms with Gasteiger partial charge in [0, 0.05) is 23.9 Å². The number of aliphatic carboxylic acids is 1. The Morgan fingerprint density at radius 3 is 2.91 bits per heavy atom. The van der Waals surface area contributed by atoms with Gasteiger partial charge in [-0.1, -0.05) is 17.7 Å². The van der Waals surface area contributed by atoms with E-state index in [1.165, 1.54) is 0 Å². The smallest absolute Gasteiger partial charge is 0.321 e. The predicted molar refractivity (Wildman–Crippen MR) is 83.1 cm³/mol. The number of hydrogen-bond acceptors (Lipinski definition) is 4. The van der Waals surface area contributed by atoms with Gasteiger partial charge in [-0.2, -0.15) is 0 Å². The van der Waals surface area contributed by atoms with Crippen molar-refractivity contribution in [1.82, 2.24) is 5.32 Å². The van der Waals surface area contributed by atoms with Gasteiger partial charge < -0.3 is 20.5 Å². The number of benzene rings is 1. The maximum absolute atomic E-state index is 11.9. The van der Waals surface area contributed by atoms with Gasteiger partial charge in [-0.25, -0.2) is 0 Å². The van der Waals surface area contributed by atoms with Gasteiger partial charge in [0.15, 0.2) is 0 Å². The minimum Gasteiger partial charge on any atom is -0.480 e. The second-order valence-corrected chi connectivity index (χ2v) is 5.63. The molecule has 1 aromatic rings. The number of carbonyl (C=O) groups excluding carboxylic acids is 1. The molecule has 120 valence electrons. The molecule has 2 atom stereocenters. The van der Waals surface area contributed by atoms with Crippen molar-refractivity contribution in [3.63, 3.8) is 0 Å². The Balaban J connectivity index is 1.84. The molecule has 1 amide bonds. The minimum atomic E-state index is -1.06. The number of nitrogens with one attached hydrogen (secondary N) is 2. The molecular weight excluding hydrogens is 308 g/mol. The Labute approximate surface area is 133 Å². The van der Waals surface area contributed by atoms with Crippen molar-refractivity contribution in [3.8, 4) is 0 Å². The molecule has 0 aliphatic carbocycles. The fourth-order valence-corrected chi connectivity index (χ4v) is 2.48. The summed E-state index contributed by atoms with van der Waals surface area (Å²) in [5.41, 5.74) is 0.542. The Kier molecular flexibility index (Phi) is 6.18. The molecule has 0 bridgehead atoms. The maximum atomic E-state index is 11.9. The first kappa shape index (κ1) is 16.7. The molecule has 0 saturated carbocycles. The first-order valence-electron chi connectivity index (χ1n) is 7.18. The summed E-state index contributed by atoms with van der Waals surface area (Å²) in [5.74, 6) is -1.44. The van der Waals surface area contributed by atoms with Gasteiger partial charge in [0.1, 0.15) is 6.04 Å². The van der Waals surface area contributed by atoms with Crippen LogP contribution in [0.3, 0.4) is 0 Å². The highest BCUT2D eigenvalue weighted by Gasteiger charge is 2.23. The molecule has 3 N–H and O–H groups in total. The van der Waals surface area contributed by atoms with Crippen molar-refractivity contribution >= 4 is 29.2 Å². The lowest BCUT2D eigenvalue weighted by Crippen LogP contribution is -2.43. The van der Waals surface area contributed by atoms with Crippen LogP contribution in [-0.4, -0.2) is 42.3 Å². The largest absolute Gasteiger partial charge is 0.480 e. The zero-order valence-corrected chi connectivity index (χ0v) is 12.8. The van der Waals surface area contributed by atoms with Crippen LogP contribution < -0.4 is 10.6 Å². The predicted octanol–water partition coefficient (Wildman–Crippen LogP) is 1.89. The van der Waals surface area contributed by atoms with Gasteiger partial charge in [0.25, 0.3) is 0 Å². The third-order valence-electron chi connectivity index (χ3n) is 3.41. The van der Waals surface area contributed by atoms with E-state index in [-0.39, 0.29) is 18.4 Å². The van der Waals surface area contributed by atoms with E-state index in [0.717, 1.165) is 12.8 Å². The molecule has 0 radical (unpaired) electrons. The van der Waals surface area contributed by atoms with E-state index in [4.69, 9.17) is 16.3 Å². The summed E-state index contributed by atoms with van der Waals surface area (Å²) >= 11 is 5.84. The second kappa shape index (κ2) is 8.12. The topological polar surface area (TPSA) is 87.7 Å². The first-order valence-corrected chi connectivity index (χ1v) is 7.55. The standard InChI is InChI=1S/C15H19ClN2O4/c16-10-3-1-4-11(7-10)18-14(19)8-13(15(20)21)17-9-12-5-2-6-22-12/h1,3-4,7,12-13,17H,2,5-6,8-9H2,(H,18,19)(H,20,21). The summed E-state index contributed by atoms with van der Waals surface area (Å²) in [4.78, 5) is 23.2. The van der Waals surface area contributed by atoms with Crippen LogP contribution in [0.4, 0.5) is 5.69 Å². The highest BCUT2D eigenvalue weighted by molar-refractivity contribution is 6.30. The molecular formula is C15H19ClN2O4. The highest BCUT2D eigenvalue weighted by Crippen LogP contribution is 2.15. The number of anilines is 1. The normalized spacial score (nSPS) is 18.9. The van der Waals surface area contributed by atoms with Gasteiger partial charge in [0.05, 0.1) is 12.5 Å². The van der Waals surface area contributed by atoms with Crippen LogP contribution in [0, 0.1) is 0 Å². The minimum absolute atomic E-state index is 0.0258. The molecule has 1 aliphatic rings. The summed E-state index contributed by atoms with van der Waals surface area (Å²) in [6.45, 7) is 1.14. The van der Waals surface area contributed by atoms with E-state index in [9.17, 15) is 14.7 Å². The number of carbonyl (C=O) groups is 2. The summed E-state index contributed by atoms with van der Waals surface area (Å²) in [6.07, 6.45) is 1.76. The van der Waals surface area contributed by atoms with Crippen molar-refractivity contribution in [1.29, 1.82) is 0 Å². The van der Waals surface area contributed by atoms with Crippen LogP contribution in [0.2, 0.25) is 5.02 Å². The third-order valence-corrected chi connectivity index (χ3v) is 3.65. The van der Waals surface area contributed by atoms with Crippen LogP contribution in [0.1, 0.15) is 19.3 Å². The average molecular weight is 327 g/mol. The average Bonchev–Trinajstić information content (AvgIpc) is 2.96. The molecule has 0 spiro atoms. The van der Waals surface area contributed by atoms with Crippen molar-refractivity contribution in [3.05, 3.63) is 29.3 Å². The zero-order valence-electron chi connectivity index (χ0n) is 12.0. The van der Waals surface area contributed by atoms with E-state index >= 15 is 0 Å². The molecule has 0 aromatic heterocycles. The van der Waals surface area contributed by atoms with Crippen LogP contribution in [0.5, 0.6) is 0 Å². The summed E-state index contributed by atoms with van der Waals surface area (Å²) in [5, 5.41) is 15.2. The van der Waals surface area contributed by atoms with Crippen molar-refractivity contribution in [2.24, 2.45) is 0 Å². The molecule has 22 heavy (non-hydrogen) atoms. The lowest BCUT2D eigenvalue weighted by molar-refractivity contribution is -0.141. The second-order valence-electron chi connectivity index (χ2n) is 5.20. The third kappa shape index (κ3) is 5.29. The van der Waals surface area contributed by atoms with Crippen LogP contribution >= 0.6 is 11.6 Å². The number of amides is 1. The lowest BCUT2D eigenvalue weighted by Gasteiger charge is -2.17. The quantitative estimate of drug-likeness (QED) is 0.712. The molecule has 2 rings (SSSR count). The van der Waals surface area contributed by atoms with Crippen molar-refractivity contribution in [2.75, 3.05) is 18.5 Å². The van der Waals surface area contributed by atoms with E-state index in [1.807, 2.05) is 0 Å². The van der Waals surface area contributed by atoms with Crippen LogP contribution in [0.15, 0.2) is 24.3 Å². The van der Waals surface area contributed by atoms with Crippen molar-refractivity contribution in [2.45, 2.75) is 31.4 Å². The van der Waals surface area contributed by atoms with E-state index < -0.39 is 12.0 Å². The van der Waals surface area contributed by atoms with E-state index in [1.54, 1.807) is 24.3 Å². The number of rotatable bonds is 7. The first-order chi connectivity index (χ1) is 10.5. The number of ether oxygens (including phenoxy) is 1. The highest BCUT2D eigenvalue weighted by atomic mass is 35.5. The summed E-state index contributed by atoms with van der Waals surface area (Å²) in [7, 11) is 0. The molecule has 1 saturated heterocycles. The Hall–Kier alpha value is -1.63. The van der Waals surface area contributed by atoms with E-state index in [2.05, 4.69) is 10.6 Å². The summed E-state index contributed by atoms with van der Waals surface area (Å²) in [6, 6.07) is 5.76. The van der Waals surface area contributed by atoms with Crippen LogP contribution in [0.25, 0.3) is 0 Å². The van der Waals surface area contributed by atoms with Gasteiger partial charge in [-0.15, -0.1) is 0 Å². The Morgan fingerprint density at radius 1 is 1.45 bits per heavy atom. The lowest BCUT2D eigenvalue weighted by atomic mass is 10.1. The van der Waals surface area contributed by atoms with Gasteiger partial charge in [-0.05, 0) is 31.0 Å². The fraction of sp³-hybridized carbons (Fsp3) is 0.467. The van der Waals surface area contributed by atoms with Gasteiger partial charge in [-0.3, -0.25) is 9.59 Å². The Bertz CT molecular complexity index is 532. The Morgan fingerprint density at radius 2 is 2.27 bits per heavy atom. The van der Waals surface area contributed by atoms with E-state index in [0.29, 0.717) is 23.9 Å². The summed E-state index contributed by atoms with van der Waals surface area (Å²) < 4.78 is 5.43. The SMILES string of the molecule is O=C(CC(NCC1CCCO1)C(=O)O)Nc1cccc(Cl)c1. The maximum Gasteiger partial charge on any atom is 0.321 e. The molecule has 1 aromatic carbocycles. The van der Waals surface area contributed by atoms with Gasteiger partial charge >= 0.3 is 5.97 Å². The molecule has 2 unspecified atom stereocenters. The molecule has 6 nitrogen and oxygen atoms in total. The molecule has 7 heteroatoms. The molecule has 1 aliphatic heterocycles. The zero-order chi connectivity index (χ0) is 15.9. The number of carboxylic acids is 1.